The van der Waals surface area contributed by atoms with E-state index in [1.807, 2.05) is 0 Å². The Kier molecular flexibility index (Phi) is 3.88. The van der Waals surface area contributed by atoms with Gasteiger partial charge >= 0.3 is 5.97 Å². The van der Waals surface area contributed by atoms with Crippen LogP contribution in [0.3, 0.4) is 0 Å². The van der Waals surface area contributed by atoms with Crippen molar-refractivity contribution >= 4 is 11.9 Å². The number of rotatable bonds is 4. The Balaban J connectivity index is 2.43. The Labute approximate surface area is 82.9 Å². The van der Waals surface area contributed by atoms with Gasteiger partial charge in [0.1, 0.15) is 0 Å². The van der Waals surface area contributed by atoms with Crippen molar-refractivity contribution in [3.05, 3.63) is 0 Å². The van der Waals surface area contributed by atoms with Crippen LogP contribution in [0.1, 0.15) is 19.3 Å². The molecule has 0 radical (unpaired) electrons. The Morgan fingerprint density at radius 2 is 2.14 bits per heavy atom. The third kappa shape index (κ3) is 2.70. The highest BCUT2D eigenvalue weighted by Crippen LogP contribution is 2.25. The predicted molar refractivity (Wildman–Crippen MR) is 50.8 cm³/mol. The second kappa shape index (κ2) is 4.95. The molecule has 2 unspecified atom stereocenters. The van der Waals surface area contributed by atoms with E-state index in [0.29, 0.717) is 6.42 Å². The van der Waals surface area contributed by atoms with Crippen LogP contribution in [0.5, 0.6) is 0 Å². The minimum Gasteiger partial charge on any atom is -0.481 e. The second-order valence-corrected chi connectivity index (χ2v) is 3.58. The molecule has 1 amide bonds. The average molecular weight is 200 g/mol. The van der Waals surface area contributed by atoms with Gasteiger partial charge in [-0.1, -0.05) is 6.42 Å². The summed E-state index contributed by atoms with van der Waals surface area (Å²) in [5.41, 5.74) is 0. The summed E-state index contributed by atoms with van der Waals surface area (Å²) in [6.07, 6.45) is 2.31. The monoisotopic (exact) mass is 200 g/mol. The molecule has 0 spiro atoms. The van der Waals surface area contributed by atoms with Crippen LogP contribution >= 0.6 is 0 Å². The second-order valence-electron chi connectivity index (χ2n) is 3.58. The van der Waals surface area contributed by atoms with Gasteiger partial charge in [0, 0.05) is 6.04 Å². The first-order valence-corrected chi connectivity index (χ1v) is 4.82. The third-order valence-electron chi connectivity index (χ3n) is 2.52. The van der Waals surface area contributed by atoms with Crippen LogP contribution in [0.15, 0.2) is 0 Å². The number of hydrogen-bond acceptors (Lipinski definition) is 3. The molecule has 1 fully saturated rings. The minimum absolute atomic E-state index is 0.134. The summed E-state index contributed by atoms with van der Waals surface area (Å²) in [5, 5.41) is 14.3. The zero-order valence-corrected chi connectivity index (χ0v) is 8.25. The molecule has 14 heavy (non-hydrogen) atoms. The molecule has 0 saturated heterocycles. The highest BCUT2D eigenvalue weighted by atomic mass is 16.4. The van der Waals surface area contributed by atoms with Gasteiger partial charge in [0.2, 0.25) is 5.91 Å². The first kappa shape index (κ1) is 11.0. The van der Waals surface area contributed by atoms with E-state index >= 15 is 0 Å². The minimum atomic E-state index is -0.808. The molecule has 80 valence electrons. The zero-order valence-electron chi connectivity index (χ0n) is 8.25. The molecule has 1 rings (SSSR count). The molecular weight excluding hydrogens is 184 g/mol. The summed E-state index contributed by atoms with van der Waals surface area (Å²) in [5.74, 6) is -1.35. The van der Waals surface area contributed by atoms with Gasteiger partial charge < -0.3 is 15.7 Å². The van der Waals surface area contributed by atoms with Gasteiger partial charge in [0.15, 0.2) is 0 Å². The highest BCUT2D eigenvalue weighted by molar-refractivity contribution is 5.79. The largest absolute Gasteiger partial charge is 0.481 e. The first-order chi connectivity index (χ1) is 6.65. The van der Waals surface area contributed by atoms with Gasteiger partial charge in [0.05, 0.1) is 12.5 Å². The van der Waals surface area contributed by atoms with Crippen LogP contribution in [-0.4, -0.2) is 36.6 Å². The summed E-state index contributed by atoms with van der Waals surface area (Å²) in [4.78, 5) is 22.0. The topological polar surface area (TPSA) is 78.4 Å². The van der Waals surface area contributed by atoms with Gasteiger partial charge in [-0.3, -0.25) is 9.59 Å². The SMILES string of the molecule is CNCC(=O)NC1CCCC1C(=O)O. The van der Waals surface area contributed by atoms with Crippen LogP contribution in [0.4, 0.5) is 0 Å². The first-order valence-electron chi connectivity index (χ1n) is 4.82. The van der Waals surface area contributed by atoms with Crippen molar-refractivity contribution in [3.63, 3.8) is 0 Å². The molecule has 2 atom stereocenters. The lowest BCUT2D eigenvalue weighted by molar-refractivity contribution is -0.142. The molecule has 0 aromatic rings. The maximum atomic E-state index is 11.2. The summed E-state index contributed by atoms with van der Waals surface area (Å²) in [7, 11) is 1.68. The molecule has 0 aromatic carbocycles. The van der Waals surface area contributed by atoms with Gasteiger partial charge in [-0.05, 0) is 19.9 Å². The van der Waals surface area contributed by atoms with Crippen LogP contribution in [-0.2, 0) is 9.59 Å². The number of nitrogens with one attached hydrogen (secondary N) is 2. The van der Waals surface area contributed by atoms with E-state index in [1.165, 1.54) is 0 Å². The van der Waals surface area contributed by atoms with Crippen LogP contribution in [0.2, 0.25) is 0 Å². The van der Waals surface area contributed by atoms with E-state index in [9.17, 15) is 9.59 Å². The smallest absolute Gasteiger partial charge is 0.308 e. The lowest BCUT2D eigenvalue weighted by Crippen LogP contribution is -2.43. The predicted octanol–water partition coefficient (Wildman–Crippen LogP) is -0.425. The summed E-state index contributed by atoms with van der Waals surface area (Å²) in [6, 6.07) is -0.187. The summed E-state index contributed by atoms with van der Waals surface area (Å²) in [6.45, 7) is 0.239. The average Bonchev–Trinajstić information content (AvgIpc) is 2.52. The van der Waals surface area contributed by atoms with Crippen molar-refractivity contribution in [3.8, 4) is 0 Å². The lowest BCUT2D eigenvalue weighted by atomic mass is 10.0. The molecule has 1 saturated carbocycles. The molecule has 0 aromatic heterocycles. The Morgan fingerprint density at radius 3 is 2.71 bits per heavy atom. The normalized spacial score (nSPS) is 26.1. The quantitative estimate of drug-likeness (QED) is 0.575. The molecule has 3 N–H and O–H groups in total. The fraction of sp³-hybridized carbons (Fsp3) is 0.778. The van der Waals surface area contributed by atoms with Crippen molar-refractivity contribution < 1.29 is 14.7 Å². The number of carboxylic acid groups (broad SMARTS) is 1. The number of aliphatic carboxylic acids is 1. The van der Waals surface area contributed by atoms with Gasteiger partial charge in [-0.2, -0.15) is 0 Å². The van der Waals surface area contributed by atoms with E-state index in [-0.39, 0.29) is 18.5 Å². The van der Waals surface area contributed by atoms with Crippen molar-refractivity contribution in [2.45, 2.75) is 25.3 Å². The number of hydrogen-bond donors (Lipinski definition) is 3. The summed E-state index contributed by atoms with van der Waals surface area (Å²) < 4.78 is 0. The van der Waals surface area contributed by atoms with Crippen LogP contribution in [0, 0.1) is 5.92 Å². The van der Waals surface area contributed by atoms with E-state index in [1.54, 1.807) is 7.05 Å². The Morgan fingerprint density at radius 1 is 1.43 bits per heavy atom. The Hall–Kier alpha value is -1.10. The maximum Gasteiger partial charge on any atom is 0.308 e. The fourth-order valence-electron chi connectivity index (χ4n) is 1.85. The number of amides is 1. The Bertz CT molecular complexity index is 230. The molecular formula is C9H16N2O3. The van der Waals surface area contributed by atoms with Gasteiger partial charge in [0.25, 0.3) is 0 Å². The van der Waals surface area contributed by atoms with Gasteiger partial charge in [-0.15, -0.1) is 0 Å². The standard InChI is InChI=1S/C9H16N2O3/c1-10-5-8(12)11-7-4-2-3-6(7)9(13)14/h6-7,10H,2-5H2,1H3,(H,11,12)(H,13,14). The highest BCUT2D eigenvalue weighted by Gasteiger charge is 2.33. The molecule has 5 heteroatoms. The maximum absolute atomic E-state index is 11.2. The molecule has 0 heterocycles. The van der Waals surface area contributed by atoms with E-state index in [0.717, 1.165) is 12.8 Å². The summed E-state index contributed by atoms with van der Waals surface area (Å²) >= 11 is 0. The number of likely N-dealkylation sites (N-methyl/N-ethyl adjacent to an activating group) is 1. The third-order valence-corrected chi connectivity index (χ3v) is 2.52. The van der Waals surface area contributed by atoms with E-state index in [4.69, 9.17) is 5.11 Å². The van der Waals surface area contributed by atoms with E-state index in [2.05, 4.69) is 10.6 Å². The van der Waals surface area contributed by atoms with Gasteiger partial charge in [-0.25, -0.2) is 0 Å². The molecule has 1 aliphatic rings. The van der Waals surface area contributed by atoms with Crippen LogP contribution in [0.25, 0.3) is 0 Å². The van der Waals surface area contributed by atoms with Crippen LogP contribution < -0.4 is 10.6 Å². The van der Waals surface area contributed by atoms with E-state index < -0.39 is 11.9 Å². The van der Waals surface area contributed by atoms with Crippen molar-refractivity contribution in [1.82, 2.24) is 10.6 Å². The molecule has 0 bridgehead atoms. The zero-order chi connectivity index (χ0) is 10.6. The molecule has 5 nitrogen and oxygen atoms in total. The lowest BCUT2D eigenvalue weighted by Gasteiger charge is -2.17. The fourth-order valence-corrected chi connectivity index (χ4v) is 1.85. The van der Waals surface area contributed by atoms with Crippen molar-refractivity contribution in [1.29, 1.82) is 0 Å². The number of carboxylic acids is 1. The van der Waals surface area contributed by atoms with Crippen molar-refractivity contribution in [2.75, 3.05) is 13.6 Å². The molecule has 0 aliphatic heterocycles. The molecule has 1 aliphatic carbocycles. The number of carbonyl (C=O) groups excluding carboxylic acids is 1. The number of carbonyl (C=O) groups is 2. The van der Waals surface area contributed by atoms with Crippen molar-refractivity contribution in [2.24, 2.45) is 5.92 Å².